The predicted octanol–water partition coefficient (Wildman–Crippen LogP) is 1.28. The highest BCUT2D eigenvalue weighted by Gasteiger charge is 2.47. The predicted molar refractivity (Wildman–Crippen MR) is 49.5 cm³/mol. The lowest BCUT2D eigenvalue weighted by atomic mass is 10.0. The first-order valence-electron chi connectivity index (χ1n) is 4.79. The molecule has 0 aromatic heterocycles. The molecule has 0 radical (unpaired) electrons. The Bertz CT molecular complexity index is 259. The van der Waals surface area contributed by atoms with Gasteiger partial charge in [-0.2, -0.15) is 0 Å². The van der Waals surface area contributed by atoms with E-state index in [0.29, 0.717) is 6.42 Å². The molecule has 1 unspecified atom stereocenters. The lowest BCUT2D eigenvalue weighted by Crippen LogP contribution is -2.37. The summed E-state index contributed by atoms with van der Waals surface area (Å²) in [4.78, 5) is 22.7. The third kappa shape index (κ3) is 2.05. The van der Waals surface area contributed by atoms with Crippen molar-refractivity contribution in [3.63, 3.8) is 0 Å². The van der Waals surface area contributed by atoms with Gasteiger partial charge in [-0.15, -0.1) is 0 Å². The van der Waals surface area contributed by atoms with Crippen molar-refractivity contribution in [2.24, 2.45) is 5.92 Å². The van der Waals surface area contributed by atoms with Gasteiger partial charge in [0.25, 0.3) is 0 Å². The molecular formula is C10H16O4. The van der Waals surface area contributed by atoms with Gasteiger partial charge in [-0.1, -0.05) is 13.8 Å². The maximum Gasteiger partial charge on any atom is 0.350 e. The van der Waals surface area contributed by atoms with Crippen LogP contribution in [0.1, 0.15) is 34.1 Å². The Morgan fingerprint density at radius 2 is 2.21 bits per heavy atom. The van der Waals surface area contributed by atoms with Crippen molar-refractivity contribution in [2.75, 3.05) is 0 Å². The molecule has 14 heavy (non-hydrogen) atoms. The number of cyclic esters (lactones) is 1. The summed E-state index contributed by atoms with van der Waals surface area (Å²) >= 11 is 0. The standard InChI is InChI=1S/C10H16O4/c1-6(2)8(11)14-10(4)5-7(3)13-9(10)12/h6-7H,5H2,1-4H3/t7?,10-/m0/s1. The monoisotopic (exact) mass is 200 g/mol. The van der Waals surface area contributed by atoms with Crippen LogP contribution < -0.4 is 0 Å². The Kier molecular flexibility index (Phi) is 2.83. The van der Waals surface area contributed by atoms with Gasteiger partial charge >= 0.3 is 11.9 Å². The fourth-order valence-corrected chi connectivity index (χ4v) is 1.40. The van der Waals surface area contributed by atoms with Crippen molar-refractivity contribution in [1.82, 2.24) is 0 Å². The summed E-state index contributed by atoms with van der Waals surface area (Å²) in [7, 11) is 0. The lowest BCUT2D eigenvalue weighted by molar-refractivity contribution is -0.173. The molecule has 0 aromatic rings. The molecule has 1 aliphatic rings. The van der Waals surface area contributed by atoms with E-state index in [9.17, 15) is 9.59 Å². The van der Waals surface area contributed by atoms with E-state index >= 15 is 0 Å². The molecule has 80 valence electrons. The van der Waals surface area contributed by atoms with Crippen LogP contribution in [0.4, 0.5) is 0 Å². The summed E-state index contributed by atoms with van der Waals surface area (Å²) in [6, 6.07) is 0. The van der Waals surface area contributed by atoms with Gasteiger partial charge in [0.15, 0.2) is 0 Å². The minimum absolute atomic E-state index is 0.174. The van der Waals surface area contributed by atoms with Crippen LogP contribution in [-0.4, -0.2) is 23.6 Å². The topological polar surface area (TPSA) is 52.6 Å². The largest absolute Gasteiger partial charge is 0.460 e. The first kappa shape index (κ1) is 11.0. The Balaban J connectivity index is 2.67. The van der Waals surface area contributed by atoms with Crippen LogP contribution in [0.3, 0.4) is 0 Å². The molecule has 1 aliphatic heterocycles. The third-order valence-electron chi connectivity index (χ3n) is 2.21. The zero-order chi connectivity index (χ0) is 10.9. The summed E-state index contributed by atoms with van der Waals surface area (Å²) in [6.07, 6.45) is 0.261. The number of rotatable bonds is 2. The molecule has 1 fully saturated rings. The summed E-state index contributed by atoms with van der Waals surface area (Å²) in [5.74, 6) is -1.03. The van der Waals surface area contributed by atoms with Crippen molar-refractivity contribution in [3.05, 3.63) is 0 Å². The van der Waals surface area contributed by atoms with E-state index in [1.807, 2.05) is 0 Å². The van der Waals surface area contributed by atoms with Crippen molar-refractivity contribution in [3.8, 4) is 0 Å². The molecule has 0 amide bonds. The SMILES string of the molecule is CC1C[C@](C)(OC(=O)C(C)C)C(=O)O1. The van der Waals surface area contributed by atoms with Crippen LogP contribution in [-0.2, 0) is 19.1 Å². The number of ether oxygens (including phenoxy) is 2. The van der Waals surface area contributed by atoms with Crippen molar-refractivity contribution >= 4 is 11.9 Å². The van der Waals surface area contributed by atoms with E-state index in [-0.39, 0.29) is 18.0 Å². The van der Waals surface area contributed by atoms with E-state index in [1.165, 1.54) is 0 Å². The summed E-state index contributed by atoms with van der Waals surface area (Å²) < 4.78 is 10.1. The molecule has 4 nitrogen and oxygen atoms in total. The highest BCUT2D eigenvalue weighted by Crippen LogP contribution is 2.29. The second-order valence-corrected chi connectivity index (χ2v) is 4.23. The average Bonchev–Trinajstić information content (AvgIpc) is 2.25. The van der Waals surface area contributed by atoms with Gasteiger partial charge in [-0.3, -0.25) is 4.79 Å². The number of hydrogen-bond donors (Lipinski definition) is 0. The maximum atomic E-state index is 11.4. The lowest BCUT2D eigenvalue weighted by Gasteiger charge is -2.20. The normalized spacial score (nSPS) is 31.8. The van der Waals surface area contributed by atoms with E-state index in [1.54, 1.807) is 27.7 Å². The maximum absolute atomic E-state index is 11.4. The number of hydrogen-bond acceptors (Lipinski definition) is 4. The van der Waals surface area contributed by atoms with Gasteiger partial charge in [-0.05, 0) is 13.8 Å². The van der Waals surface area contributed by atoms with Crippen LogP contribution in [0.5, 0.6) is 0 Å². The third-order valence-corrected chi connectivity index (χ3v) is 2.21. The minimum atomic E-state index is -1.08. The minimum Gasteiger partial charge on any atom is -0.460 e. The van der Waals surface area contributed by atoms with E-state index in [4.69, 9.17) is 9.47 Å². The molecular weight excluding hydrogens is 184 g/mol. The number of carbonyl (C=O) groups excluding carboxylic acids is 2. The molecule has 0 aromatic carbocycles. The van der Waals surface area contributed by atoms with Crippen LogP contribution in [0.15, 0.2) is 0 Å². The van der Waals surface area contributed by atoms with Crippen molar-refractivity contribution in [1.29, 1.82) is 0 Å². The highest BCUT2D eigenvalue weighted by atomic mass is 16.6. The second kappa shape index (κ2) is 3.59. The molecule has 0 bridgehead atoms. The van der Waals surface area contributed by atoms with Crippen LogP contribution in [0.25, 0.3) is 0 Å². The molecule has 0 N–H and O–H groups in total. The smallest absolute Gasteiger partial charge is 0.350 e. The Morgan fingerprint density at radius 3 is 2.57 bits per heavy atom. The average molecular weight is 200 g/mol. The van der Waals surface area contributed by atoms with Crippen molar-refractivity contribution < 1.29 is 19.1 Å². The fourth-order valence-electron chi connectivity index (χ4n) is 1.40. The molecule has 4 heteroatoms. The molecule has 0 aliphatic carbocycles. The Labute approximate surface area is 83.6 Å². The fraction of sp³-hybridized carbons (Fsp3) is 0.800. The van der Waals surface area contributed by atoms with Gasteiger partial charge < -0.3 is 9.47 Å². The van der Waals surface area contributed by atoms with Gasteiger partial charge in [0, 0.05) is 6.42 Å². The van der Waals surface area contributed by atoms with Gasteiger partial charge in [-0.25, -0.2) is 4.79 Å². The van der Waals surface area contributed by atoms with Gasteiger partial charge in [0.05, 0.1) is 5.92 Å². The summed E-state index contributed by atoms with van der Waals surface area (Å²) in [5, 5.41) is 0. The molecule has 0 saturated carbocycles. The summed E-state index contributed by atoms with van der Waals surface area (Å²) in [5.41, 5.74) is -1.08. The molecule has 1 heterocycles. The Hall–Kier alpha value is -1.06. The van der Waals surface area contributed by atoms with Crippen LogP contribution >= 0.6 is 0 Å². The molecule has 1 saturated heterocycles. The molecule has 1 rings (SSSR count). The molecule has 0 spiro atoms. The molecule has 2 atom stereocenters. The summed E-state index contributed by atoms with van der Waals surface area (Å²) in [6.45, 7) is 6.84. The number of carbonyl (C=O) groups is 2. The Morgan fingerprint density at radius 1 is 1.64 bits per heavy atom. The second-order valence-electron chi connectivity index (χ2n) is 4.23. The van der Waals surface area contributed by atoms with Crippen LogP contribution in [0, 0.1) is 5.92 Å². The zero-order valence-electron chi connectivity index (χ0n) is 8.99. The first-order chi connectivity index (χ1) is 6.35. The van der Waals surface area contributed by atoms with E-state index in [2.05, 4.69) is 0 Å². The van der Waals surface area contributed by atoms with E-state index in [0.717, 1.165) is 0 Å². The van der Waals surface area contributed by atoms with Crippen LogP contribution in [0.2, 0.25) is 0 Å². The highest BCUT2D eigenvalue weighted by molar-refractivity contribution is 5.85. The van der Waals surface area contributed by atoms with Gasteiger partial charge in [0.2, 0.25) is 5.60 Å². The van der Waals surface area contributed by atoms with E-state index < -0.39 is 11.6 Å². The van der Waals surface area contributed by atoms with Gasteiger partial charge in [0.1, 0.15) is 6.10 Å². The zero-order valence-corrected chi connectivity index (χ0v) is 8.99. The first-order valence-corrected chi connectivity index (χ1v) is 4.79. The number of esters is 2. The quantitative estimate of drug-likeness (QED) is 0.630. The van der Waals surface area contributed by atoms with Crippen molar-refractivity contribution in [2.45, 2.75) is 45.8 Å².